The number of rotatable bonds is 10. The topological polar surface area (TPSA) is 84.9 Å². The molecule has 7 nitrogen and oxygen atoms in total. The van der Waals surface area contributed by atoms with Crippen LogP contribution < -0.4 is 19.1 Å². The first-order valence-corrected chi connectivity index (χ1v) is 12.4. The number of hydrogen-bond donors (Lipinski definition) is 1. The molecule has 34 heavy (non-hydrogen) atoms. The largest absolute Gasteiger partial charge is 0.497 e. The van der Waals surface area contributed by atoms with Gasteiger partial charge in [0.2, 0.25) is 5.91 Å². The Morgan fingerprint density at radius 1 is 0.882 bits per heavy atom. The van der Waals surface area contributed by atoms with Crippen LogP contribution in [0.15, 0.2) is 77.7 Å². The maximum atomic E-state index is 13.4. The fourth-order valence-electron chi connectivity index (χ4n) is 3.25. The molecule has 0 aliphatic heterocycles. The summed E-state index contributed by atoms with van der Waals surface area (Å²) in [5.74, 6) is 0.850. The molecule has 0 saturated heterocycles. The van der Waals surface area contributed by atoms with Gasteiger partial charge in [-0.25, -0.2) is 8.42 Å². The zero-order valence-corrected chi connectivity index (χ0v) is 20.6. The summed E-state index contributed by atoms with van der Waals surface area (Å²) in [5, 5.41) is 2.82. The maximum Gasteiger partial charge on any atom is 0.264 e. The molecular formula is C26H30N2O5S. The van der Waals surface area contributed by atoms with Crippen LogP contribution in [0.3, 0.4) is 0 Å². The first-order chi connectivity index (χ1) is 16.2. The fourth-order valence-corrected chi connectivity index (χ4v) is 4.67. The summed E-state index contributed by atoms with van der Waals surface area (Å²) in [5.41, 5.74) is 2.43. The third kappa shape index (κ3) is 6.51. The monoisotopic (exact) mass is 482 g/mol. The Kier molecular flexibility index (Phi) is 8.17. The molecule has 0 bridgehead atoms. The standard InChI is InChI=1S/C26H30N2O5S/c1-19-5-11-24(12-6-19)33-18-21(3)27-26(29)17-28(22-9-13-23(32-4)14-10-22)34(30,31)25-15-7-20(2)8-16-25/h5-16,21H,17-18H2,1-4H3,(H,27,29). The average molecular weight is 483 g/mol. The molecule has 0 radical (unpaired) electrons. The molecule has 1 unspecified atom stereocenters. The first-order valence-electron chi connectivity index (χ1n) is 10.9. The van der Waals surface area contributed by atoms with E-state index in [0.717, 1.165) is 15.4 Å². The highest BCUT2D eigenvalue weighted by Crippen LogP contribution is 2.26. The molecule has 0 fully saturated rings. The van der Waals surface area contributed by atoms with E-state index in [1.807, 2.05) is 38.1 Å². The van der Waals surface area contributed by atoms with Gasteiger partial charge in [-0.1, -0.05) is 35.4 Å². The zero-order chi connectivity index (χ0) is 24.7. The molecule has 0 spiro atoms. The number of anilines is 1. The number of nitrogens with one attached hydrogen (secondary N) is 1. The molecule has 0 aliphatic rings. The minimum absolute atomic E-state index is 0.109. The minimum atomic E-state index is -3.98. The van der Waals surface area contributed by atoms with E-state index in [1.54, 1.807) is 43.3 Å². The lowest BCUT2D eigenvalue weighted by molar-refractivity contribution is -0.120. The number of hydrogen-bond acceptors (Lipinski definition) is 5. The number of sulfonamides is 1. The minimum Gasteiger partial charge on any atom is -0.497 e. The van der Waals surface area contributed by atoms with E-state index < -0.39 is 15.9 Å². The molecule has 180 valence electrons. The van der Waals surface area contributed by atoms with Gasteiger partial charge in [0.05, 0.1) is 23.7 Å². The Morgan fingerprint density at radius 3 is 1.97 bits per heavy atom. The lowest BCUT2D eigenvalue weighted by atomic mass is 10.2. The lowest BCUT2D eigenvalue weighted by Crippen LogP contribution is -2.45. The summed E-state index contributed by atoms with van der Waals surface area (Å²) < 4.78 is 38.9. The van der Waals surface area contributed by atoms with Crippen LogP contribution in [0.1, 0.15) is 18.1 Å². The molecule has 1 atom stereocenters. The van der Waals surface area contributed by atoms with E-state index in [0.29, 0.717) is 17.2 Å². The number of methoxy groups -OCH3 is 1. The second kappa shape index (κ2) is 11.1. The Morgan fingerprint density at radius 2 is 1.41 bits per heavy atom. The van der Waals surface area contributed by atoms with Crippen LogP contribution in [-0.2, 0) is 14.8 Å². The highest BCUT2D eigenvalue weighted by molar-refractivity contribution is 7.92. The molecule has 1 N–H and O–H groups in total. The van der Waals surface area contributed by atoms with Crippen LogP contribution in [0.25, 0.3) is 0 Å². The SMILES string of the molecule is COc1ccc(N(CC(=O)NC(C)COc2ccc(C)cc2)S(=O)(=O)c2ccc(C)cc2)cc1. The van der Waals surface area contributed by atoms with Crippen LogP contribution >= 0.6 is 0 Å². The van der Waals surface area contributed by atoms with Crippen molar-refractivity contribution in [2.24, 2.45) is 0 Å². The third-order valence-electron chi connectivity index (χ3n) is 5.18. The van der Waals surface area contributed by atoms with Crippen LogP contribution in [-0.4, -0.2) is 40.6 Å². The third-order valence-corrected chi connectivity index (χ3v) is 6.97. The molecule has 3 aromatic carbocycles. The summed E-state index contributed by atoms with van der Waals surface area (Å²) in [6.45, 7) is 5.55. The van der Waals surface area contributed by atoms with Gasteiger partial charge in [-0.15, -0.1) is 0 Å². The smallest absolute Gasteiger partial charge is 0.264 e. The number of aryl methyl sites for hydroxylation is 2. The fraction of sp³-hybridized carbons (Fsp3) is 0.269. The first kappa shape index (κ1) is 25.1. The van der Waals surface area contributed by atoms with Crippen LogP contribution in [0, 0.1) is 13.8 Å². The Labute approximate surface area is 201 Å². The predicted octanol–water partition coefficient (Wildman–Crippen LogP) is 4.09. The van der Waals surface area contributed by atoms with Crippen molar-refractivity contribution < 1.29 is 22.7 Å². The molecule has 0 aromatic heterocycles. The molecule has 1 amide bonds. The van der Waals surface area contributed by atoms with Gasteiger partial charge in [-0.05, 0) is 69.3 Å². The maximum absolute atomic E-state index is 13.4. The van der Waals surface area contributed by atoms with Crippen molar-refractivity contribution in [3.63, 3.8) is 0 Å². The van der Waals surface area contributed by atoms with Crippen molar-refractivity contribution in [1.29, 1.82) is 0 Å². The molecule has 0 heterocycles. The number of carbonyl (C=O) groups excluding carboxylic acids is 1. The number of ether oxygens (including phenoxy) is 2. The van der Waals surface area contributed by atoms with Gasteiger partial charge in [0.15, 0.2) is 0 Å². The van der Waals surface area contributed by atoms with E-state index in [1.165, 1.54) is 19.2 Å². The molecular weight excluding hydrogens is 452 g/mol. The van der Waals surface area contributed by atoms with Gasteiger partial charge in [-0.3, -0.25) is 9.10 Å². The summed E-state index contributed by atoms with van der Waals surface area (Å²) in [7, 11) is -2.45. The zero-order valence-electron chi connectivity index (χ0n) is 19.8. The quantitative estimate of drug-likeness (QED) is 0.471. The summed E-state index contributed by atoms with van der Waals surface area (Å²) >= 11 is 0. The predicted molar refractivity (Wildman–Crippen MR) is 133 cm³/mol. The van der Waals surface area contributed by atoms with Gasteiger partial charge < -0.3 is 14.8 Å². The number of carbonyl (C=O) groups is 1. The van der Waals surface area contributed by atoms with Crippen molar-refractivity contribution in [3.05, 3.63) is 83.9 Å². The highest BCUT2D eigenvalue weighted by Gasteiger charge is 2.27. The van der Waals surface area contributed by atoms with E-state index >= 15 is 0 Å². The van der Waals surface area contributed by atoms with Gasteiger partial charge >= 0.3 is 0 Å². The lowest BCUT2D eigenvalue weighted by Gasteiger charge is -2.25. The molecule has 3 aromatic rings. The average Bonchev–Trinajstić information content (AvgIpc) is 2.82. The second-order valence-corrected chi connectivity index (χ2v) is 9.98. The van der Waals surface area contributed by atoms with E-state index in [2.05, 4.69) is 5.32 Å². The van der Waals surface area contributed by atoms with Crippen LogP contribution in [0.2, 0.25) is 0 Å². The van der Waals surface area contributed by atoms with Gasteiger partial charge in [0.1, 0.15) is 24.7 Å². The van der Waals surface area contributed by atoms with E-state index in [4.69, 9.17) is 9.47 Å². The Balaban J connectivity index is 1.75. The second-order valence-electron chi connectivity index (χ2n) is 8.12. The summed E-state index contributed by atoms with van der Waals surface area (Å²) in [6, 6.07) is 20.4. The Bertz CT molecular complexity index is 1190. The normalized spacial score (nSPS) is 12.0. The van der Waals surface area contributed by atoms with Crippen molar-refractivity contribution >= 4 is 21.6 Å². The van der Waals surface area contributed by atoms with E-state index in [9.17, 15) is 13.2 Å². The number of nitrogens with zero attached hydrogens (tertiary/aromatic N) is 1. The molecule has 0 saturated carbocycles. The highest BCUT2D eigenvalue weighted by atomic mass is 32.2. The van der Waals surface area contributed by atoms with Crippen LogP contribution in [0.4, 0.5) is 5.69 Å². The van der Waals surface area contributed by atoms with Crippen molar-refractivity contribution in [2.45, 2.75) is 31.7 Å². The van der Waals surface area contributed by atoms with E-state index in [-0.39, 0.29) is 24.1 Å². The van der Waals surface area contributed by atoms with Crippen molar-refractivity contribution in [1.82, 2.24) is 5.32 Å². The van der Waals surface area contributed by atoms with Gasteiger partial charge in [0.25, 0.3) is 10.0 Å². The molecule has 3 rings (SSSR count). The summed E-state index contributed by atoms with van der Waals surface area (Å²) in [6.07, 6.45) is 0. The molecule has 8 heteroatoms. The van der Waals surface area contributed by atoms with Crippen molar-refractivity contribution in [3.8, 4) is 11.5 Å². The molecule has 0 aliphatic carbocycles. The summed E-state index contributed by atoms with van der Waals surface area (Å²) in [4.78, 5) is 13.0. The van der Waals surface area contributed by atoms with Gasteiger partial charge in [0, 0.05) is 0 Å². The van der Waals surface area contributed by atoms with Crippen molar-refractivity contribution in [2.75, 3.05) is 24.6 Å². The number of amides is 1. The number of benzene rings is 3. The van der Waals surface area contributed by atoms with Gasteiger partial charge in [-0.2, -0.15) is 0 Å². The van der Waals surface area contributed by atoms with Crippen LogP contribution in [0.5, 0.6) is 11.5 Å². The Hall–Kier alpha value is -3.52.